The van der Waals surface area contributed by atoms with E-state index in [1.807, 2.05) is 25.3 Å². The number of hydrogen-bond acceptors (Lipinski definition) is 2. The van der Waals surface area contributed by atoms with Crippen molar-refractivity contribution in [3.8, 4) is 0 Å². The van der Waals surface area contributed by atoms with Gasteiger partial charge < -0.3 is 5.32 Å². The van der Waals surface area contributed by atoms with Crippen LogP contribution in [0, 0.1) is 12.7 Å². The van der Waals surface area contributed by atoms with E-state index in [2.05, 4.69) is 21.2 Å². The molecule has 0 fully saturated rings. The lowest BCUT2D eigenvalue weighted by Gasteiger charge is -2.19. The van der Waals surface area contributed by atoms with Crippen LogP contribution < -0.4 is 5.32 Å². The highest BCUT2D eigenvalue weighted by Crippen LogP contribution is 2.37. The van der Waals surface area contributed by atoms with Crippen LogP contribution in [-0.4, -0.2) is 6.54 Å². The topological polar surface area (TPSA) is 12.0 Å². The zero-order valence-corrected chi connectivity index (χ0v) is 13.8. The highest BCUT2D eigenvalue weighted by molar-refractivity contribution is 9.10. The Bertz CT molecular complexity index is 585. The van der Waals surface area contributed by atoms with Gasteiger partial charge in [-0.2, -0.15) is 0 Å². The summed E-state index contributed by atoms with van der Waals surface area (Å²) in [5, 5.41) is 6.02. The van der Waals surface area contributed by atoms with Crippen molar-refractivity contribution in [2.45, 2.75) is 19.9 Å². The Kier molecular flexibility index (Phi) is 5.01. The van der Waals surface area contributed by atoms with Gasteiger partial charge in [0.2, 0.25) is 0 Å². The van der Waals surface area contributed by atoms with Crippen LogP contribution in [0.15, 0.2) is 28.1 Å². The number of hydrogen-bond donors (Lipinski definition) is 1. The van der Waals surface area contributed by atoms with Crippen molar-refractivity contribution < 1.29 is 4.39 Å². The smallest absolute Gasteiger partial charge is 0.142 e. The molecule has 1 heterocycles. The van der Waals surface area contributed by atoms with Crippen LogP contribution in [0.4, 0.5) is 4.39 Å². The first-order chi connectivity index (χ1) is 9.06. The third kappa shape index (κ3) is 3.02. The number of aryl methyl sites for hydroxylation is 1. The maximum atomic E-state index is 14.3. The van der Waals surface area contributed by atoms with E-state index in [-0.39, 0.29) is 11.9 Å². The molecule has 0 aliphatic heterocycles. The quantitative estimate of drug-likeness (QED) is 0.777. The van der Waals surface area contributed by atoms with Gasteiger partial charge in [0.1, 0.15) is 5.82 Å². The Morgan fingerprint density at radius 1 is 1.47 bits per heavy atom. The van der Waals surface area contributed by atoms with Gasteiger partial charge in [-0.3, -0.25) is 0 Å². The molecule has 1 N–H and O–H groups in total. The van der Waals surface area contributed by atoms with Crippen molar-refractivity contribution in [3.05, 3.63) is 54.9 Å². The summed E-state index contributed by atoms with van der Waals surface area (Å²) in [6.07, 6.45) is 0. The van der Waals surface area contributed by atoms with Gasteiger partial charge in [-0.05, 0) is 46.4 Å². The predicted molar refractivity (Wildman–Crippen MR) is 83.7 cm³/mol. The maximum absolute atomic E-state index is 14.3. The Labute approximate surface area is 129 Å². The fourth-order valence-corrected chi connectivity index (χ4v) is 3.71. The summed E-state index contributed by atoms with van der Waals surface area (Å²) >= 11 is 11.1. The number of halogens is 3. The van der Waals surface area contributed by atoms with Crippen molar-refractivity contribution in [1.82, 2.24) is 5.32 Å². The van der Waals surface area contributed by atoms with E-state index in [1.54, 1.807) is 23.5 Å². The fraction of sp³-hybridized carbons (Fsp3) is 0.286. The van der Waals surface area contributed by atoms with E-state index in [4.69, 9.17) is 11.6 Å². The van der Waals surface area contributed by atoms with Gasteiger partial charge in [-0.15, -0.1) is 11.3 Å². The molecule has 5 heteroatoms. The summed E-state index contributed by atoms with van der Waals surface area (Å²) in [6, 6.07) is 5.11. The molecule has 2 aromatic rings. The highest BCUT2D eigenvalue weighted by atomic mass is 79.9. The zero-order chi connectivity index (χ0) is 14.0. The van der Waals surface area contributed by atoms with Crippen LogP contribution in [0.25, 0.3) is 0 Å². The SMILES string of the molecule is CCNC(c1cccc(Br)c1F)c1scc(C)c1Cl. The molecule has 2 rings (SSSR count). The molecule has 102 valence electrons. The molecule has 1 aromatic carbocycles. The minimum Gasteiger partial charge on any atom is -0.306 e. The second-order valence-electron chi connectivity index (χ2n) is 4.23. The van der Waals surface area contributed by atoms with Crippen LogP contribution in [0.1, 0.15) is 29.0 Å². The molecule has 0 saturated carbocycles. The Morgan fingerprint density at radius 3 is 2.79 bits per heavy atom. The molecule has 0 amide bonds. The number of nitrogens with one attached hydrogen (secondary N) is 1. The first-order valence-electron chi connectivity index (χ1n) is 5.97. The molecule has 1 aromatic heterocycles. The average molecular weight is 363 g/mol. The molecule has 0 radical (unpaired) electrons. The fourth-order valence-electron chi connectivity index (χ4n) is 1.94. The zero-order valence-electron chi connectivity index (χ0n) is 10.6. The van der Waals surface area contributed by atoms with E-state index >= 15 is 0 Å². The Morgan fingerprint density at radius 2 is 2.21 bits per heavy atom. The molecule has 1 unspecified atom stereocenters. The molecule has 0 aliphatic carbocycles. The summed E-state index contributed by atoms with van der Waals surface area (Å²) in [5.41, 5.74) is 1.64. The van der Waals surface area contributed by atoms with Crippen LogP contribution >= 0.6 is 38.9 Å². The van der Waals surface area contributed by atoms with Crippen LogP contribution in [-0.2, 0) is 0 Å². The largest absolute Gasteiger partial charge is 0.306 e. The standard InChI is InChI=1S/C14H14BrClFNS/c1-3-18-13(14-11(16)8(2)7-19-14)9-5-4-6-10(15)12(9)17/h4-7,13,18H,3H2,1-2H3. The summed E-state index contributed by atoms with van der Waals surface area (Å²) in [7, 11) is 0. The summed E-state index contributed by atoms with van der Waals surface area (Å²) < 4.78 is 14.7. The molecule has 0 bridgehead atoms. The van der Waals surface area contributed by atoms with Crippen molar-refractivity contribution >= 4 is 38.9 Å². The van der Waals surface area contributed by atoms with E-state index in [0.717, 1.165) is 22.0 Å². The van der Waals surface area contributed by atoms with Crippen LogP contribution in [0.5, 0.6) is 0 Å². The lowest BCUT2D eigenvalue weighted by molar-refractivity contribution is 0.559. The number of rotatable bonds is 4. The van der Waals surface area contributed by atoms with E-state index in [9.17, 15) is 4.39 Å². The molecule has 1 nitrogen and oxygen atoms in total. The van der Waals surface area contributed by atoms with Crippen LogP contribution in [0.3, 0.4) is 0 Å². The predicted octanol–water partition coefficient (Wildman–Crippen LogP) is 5.31. The molecule has 1 atom stereocenters. The van der Waals surface area contributed by atoms with Gasteiger partial charge in [0.15, 0.2) is 0 Å². The lowest BCUT2D eigenvalue weighted by Crippen LogP contribution is -2.22. The molecule has 0 aliphatic rings. The van der Waals surface area contributed by atoms with E-state index < -0.39 is 0 Å². The first kappa shape index (κ1) is 15.0. The van der Waals surface area contributed by atoms with Crippen molar-refractivity contribution in [2.75, 3.05) is 6.54 Å². The van der Waals surface area contributed by atoms with E-state index in [1.165, 1.54) is 0 Å². The second kappa shape index (κ2) is 6.35. The summed E-state index contributed by atoms with van der Waals surface area (Å²) in [5.74, 6) is -0.240. The van der Waals surface area contributed by atoms with Gasteiger partial charge >= 0.3 is 0 Å². The second-order valence-corrected chi connectivity index (χ2v) is 6.37. The van der Waals surface area contributed by atoms with Crippen molar-refractivity contribution in [3.63, 3.8) is 0 Å². The molecule has 19 heavy (non-hydrogen) atoms. The van der Waals surface area contributed by atoms with Gasteiger partial charge in [0.25, 0.3) is 0 Å². The Hall–Kier alpha value is -0.420. The minimum absolute atomic E-state index is 0.214. The van der Waals surface area contributed by atoms with E-state index in [0.29, 0.717) is 10.0 Å². The van der Waals surface area contributed by atoms with Gasteiger partial charge in [0, 0.05) is 10.4 Å². The average Bonchev–Trinajstić information content (AvgIpc) is 2.71. The molecular weight excluding hydrogens is 349 g/mol. The molecular formula is C14H14BrClFNS. The first-order valence-corrected chi connectivity index (χ1v) is 8.02. The van der Waals surface area contributed by atoms with Gasteiger partial charge in [0.05, 0.1) is 15.5 Å². The van der Waals surface area contributed by atoms with Gasteiger partial charge in [-0.25, -0.2) is 4.39 Å². The number of thiophene rings is 1. The highest BCUT2D eigenvalue weighted by Gasteiger charge is 2.22. The maximum Gasteiger partial charge on any atom is 0.142 e. The summed E-state index contributed by atoms with van der Waals surface area (Å²) in [4.78, 5) is 0.956. The third-order valence-electron chi connectivity index (χ3n) is 2.89. The minimum atomic E-state index is -0.240. The third-order valence-corrected chi connectivity index (χ3v) is 5.28. The molecule has 0 spiro atoms. The van der Waals surface area contributed by atoms with Gasteiger partial charge in [-0.1, -0.05) is 30.7 Å². The number of benzene rings is 1. The van der Waals surface area contributed by atoms with Crippen molar-refractivity contribution in [2.24, 2.45) is 0 Å². The van der Waals surface area contributed by atoms with Crippen molar-refractivity contribution in [1.29, 1.82) is 0 Å². The lowest BCUT2D eigenvalue weighted by atomic mass is 10.0. The van der Waals surface area contributed by atoms with Crippen LogP contribution in [0.2, 0.25) is 5.02 Å². The molecule has 0 saturated heterocycles. The Balaban J connectivity index is 2.51. The normalized spacial score (nSPS) is 12.7. The summed E-state index contributed by atoms with van der Waals surface area (Å²) in [6.45, 7) is 4.70. The monoisotopic (exact) mass is 361 g/mol.